The first-order valence-electron chi connectivity index (χ1n) is 10.3. The molecule has 0 saturated heterocycles. The van der Waals surface area contributed by atoms with Crippen molar-refractivity contribution >= 4 is 29.1 Å². The summed E-state index contributed by atoms with van der Waals surface area (Å²) in [5.74, 6) is -0.214. The molecule has 0 spiro atoms. The van der Waals surface area contributed by atoms with Gasteiger partial charge in [-0.25, -0.2) is 4.79 Å². The number of carbonyl (C=O) groups is 1. The fourth-order valence-corrected chi connectivity index (χ4v) is 4.05. The lowest BCUT2D eigenvalue weighted by atomic mass is 9.87. The quantitative estimate of drug-likeness (QED) is 0.610. The summed E-state index contributed by atoms with van der Waals surface area (Å²) < 4.78 is 5.69. The number of carboxylic acid groups (broad SMARTS) is 1. The van der Waals surface area contributed by atoms with Crippen molar-refractivity contribution in [2.75, 3.05) is 18.6 Å². The predicted octanol–water partition coefficient (Wildman–Crippen LogP) is 5.86. The van der Waals surface area contributed by atoms with Crippen molar-refractivity contribution in [1.29, 1.82) is 0 Å². The fourth-order valence-electron chi connectivity index (χ4n) is 4.05. The van der Waals surface area contributed by atoms with Crippen molar-refractivity contribution in [3.63, 3.8) is 0 Å². The lowest BCUT2D eigenvalue weighted by Gasteiger charge is -2.43. The third-order valence-corrected chi connectivity index (χ3v) is 5.58. The standard InChI is InChI=1S/C25H30N2O3/c1-7-10-27-22-13-23(30-6)19(11-20(22)17(3)14-25(27,4)5)15-26-21-12-18(24(28)29)9-8-16(21)2/h8-9,11-15H,7,10H2,1-6H3,(H,28,29). The topological polar surface area (TPSA) is 62.1 Å². The second kappa shape index (κ2) is 8.34. The number of hydrogen-bond acceptors (Lipinski definition) is 4. The van der Waals surface area contributed by atoms with Gasteiger partial charge in [0.05, 0.1) is 23.9 Å². The second-order valence-corrected chi connectivity index (χ2v) is 8.31. The zero-order valence-corrected chi connectivity index (χ0v) is 18.6. The van der Waals surface area contributed by atoms with E-state index in [0.29, 0.717) is 5.69 Å². The average molecular weight is 407 g/mol. The first-order valence-corrected chi connectivity index (χ1v) is 10.3. The molecule has 0 saturated carbocycles. The van der Waals surface area contributed by atoms with Crippen molar-refractivity contribution in [2.45, 2.75) is 46.6 Å². The summed E-state index contributed by atoms with van der Waals surface area (Å²) in [4.78, 5) is 18.3. The van der Waals surface area contributed by atoms with Crippen LogP contribution in [0.25, 0.3) is 5.57 Å². The molecule has 5 nitrogen and oxygen atoms in total. The number of aryl methyl sites for hydroxylation is 1. The minimum absolute atomic E-state index is 0.0674. The molecule has 1 N–H and O–H groups in total. The number of hydrogen-bond donors (Lipinski definition) is 1. The van der Waals surface area contributed by atoms with Crippen molar-refractivity contribution in [1.82, 2.24) is 0 Å². The van der Waals surface area contributed by atoms with Gasteiger partial charge in [-0.3, -0.25) is 4.99 Å². The monoisotopic (exact) mass is 406 g/mol. The summed E-state index contributed by atoms with van der Waals surface area (Å²) in [6, 6.07) is 9.16. The van der Waals surface area contributed by atoms with Gasteiger partial charge in [-0.2, -0.15) is 0 Å². The van der Waals surface area contributed by atoms with Gasteiger partial charge >= 0.3 is 5.97 Å². The first kappa shape index (κ1) is 21.6. The number of fused-ring (bicyclic) bond motifs is 1. The second-order valence-electron chi connectivity index (χ2n) is 8.31. The highest BCUT2D eigenvalue weighted by Gasteiger charge is 2.31. The summed E-state index contributed by atoms with van der Waals surface area (Å²) >= 11 is 0. The van der Waals surface area contributed by atoms with Crippen LogP contribution in [0.3, 0.4) is 0 Å². The Hall–Kier alpha value is -3.08. The number of anilines is 1. The number of aliphatic imine (C=N–C) groups is 1. The highest BCUT2D eigenvalue weighted by molar-refractivity contribution is 5.93. The van der Waals surface area contributed by atoms with Crippen LogP contribution in [-0.2, 0) is 0 Å². The number of carboxylic acids is 1. The van der Waals surface area contributed by atoms with Crippen LogP contribution >= 0.6 is 0 Å². The maximum absolute atomic E-state index is 11.3. The van der Waals surface area contributed by atoms with E-state index in [2.05, 4.69) is 55.8 Å². The zero-order valence-electron chi connectivity index (χ0n) is 18.6. The molecule has 0 aliphatic carbocycles. The minimum Gasteiger partial charge on any atom is -0.496 e. The van der Waals surface area contributed by atoms with Gasteiger partial charge in [-0.05, 0) is 63.5 Å². The molecule has 0 radical (unpaired) electrons. The SMILES string of the molecule is CCCN1c2cc(OC)c(C=Nc3cc(C(=O)O)ccc3C)cc2C(C)=CC1(C)C. The molecular formula is C25H30N2O3. The molecule has 30 heavy (non-hydrogen) atoms. The minimum atomic E-state index is -0.961. The van der Waals surface area contributed by atoms with E-state index in [9.17, 15) is 9.90 Å². The van der Waals surface area contributed by atoms with Crippen molar-refractivity contribution < 1.29 is 14.6 Å². The van der Waals surface area contributed by atoms with Crippen LogP contribution in [0.1, 0.15) is 61.2 Å². The number of rotatable bonds is 6. The summed E-state index contributed by atoms with van der Waals surface area (Å²) in [7, 11) is 1.66. The lowest BCUT2D eigenvalue weighted by Crippen LogP contribution is -2.45. The molecule has 1 aliphatic rings. The van der Waals surface area contributed by atoms with Crippen LogP contribution in [0.15, 0.2) is 41.4 Å². The Balaban J connectivity index is 2.08. The number of allylic oxidation sites excluding steroid dienone is 1. The van der Waals surface area contributed by atoms with Crippen LogP contribution in [-0.4, -0.2) is 36.5 Å². The number of methoxy groups -OCH3 is 1. The Kier molecular flexibility index (Phi) is 6.01. The number of ether oxygens (including phenoxy) is 1. The van der Waals surface area contributed by atoms with E-state index in [0.717, 1.165) is 29.8 Å². The Morgan fingerprint density at radius 2 is 1.97 bits per heavy atom. The zero-order chi connectivity index (χ0) is 22.1. The van der Waals surface area contributed by atoms with E-state index < -0.39 is 5.97 Å². The normalized spacial score (nSPS) is 15.1. The third kappa shape index (κ3) is 4.11. The Labute approximate surface area is 178 Å². The van der Waals surface area contributed by atoms with Crippen LogP contribution in [0.5, 0.6) is 5.75 Å². The van der Waals surface area contributed by atoms with E-state index in [1.54, 1.807) is 31.5 Å². The van der Waals surface area contributed by atoms with Gasteiger partial charge in [-0.15, -0.1) is 0 Å². The van der Waals surface area contributed by atoms with E-state index >= 15 is 0 Å². The van der Waals surface area contributed by atoms with Crippen LogP contribution in [0.2, 0.25) is 0 Å². The summed E-state index contributed by atoms with van der Waals surface area (Å²) in [5.41, 5.74) is 6.13. The average Bonchev–Trinajstić information content (AvgIpc) is 2.69. The molecular weight excluding hydrogens is 376 g/mol. The molecule has 2 aromatic carbocycles. The molecule has 2 aromatic rings. The molecule has 1 heterocycles. The summed E-state index contributed by atoms with van der Waals surface area (Å²) in [5, 5.41) is 9.26. The summed E-state index contributed by atoms with van der Waals surface area (Å²) in [6.07, 6.45) is 5.11. The Morgan fingerprint density at radius 3 is 2.60 bits per heavy atom. The summed E-state index contributed by atoms with van der Waals surface area (Å²) in [6.45, 7) is 11.7. The molecule has 0 atom stereocenters. The largest absolute Gasteiger partial charge is 0.496 e. The molecule has 0 fully saturated rings. The predicted molar refractivity (Wildman–Crippen MR) is 124 cm³/mol. The van der Waals surface area contributed by atoms with Crippen LogP contribution in [0.4, 0.5) is 11.4 Å². The Bertz CT molecular complexity index is 1030. The van der Waals surface area contributed by atoms with E-state index in [1.807, 2.05) is 6.92 Å². The molecule has 0 aromatic heterocycles. The highest BCUT2D eigenvalue weighted by atomic mass is 16.5. The van der Waals surface area contributed by atoms with Crippen molar-refractivity contribution in [3.05, 3.63) is 58.7 Å². The number of nitrogens with zero attached hydrogens (tertiary/aromatic N) is 2. The smallest absolute Gasteiger partial charge is 0.335 e. The van der Waals surface area contributed by atoms with Gasteiger partial charge in [-0.1, -0.05) is 19.1 Å². The van der Waals surface area contributed by atoms with Gasteiger partial charge in [0.15, 0.2) is 0 Å². The number of aromatic carboxylic acids is 1. The van der Waals surface area contributed by atoms with E-state index in [4.69, 9.17) is 4.74 Å². The third-order valence-electron chi connectivity index (χ3n) is 5.58. The molecule has 158 valence electrons. The molecule has 1 aliphatic heterocycles. The lowest BCUT2D eigenvalue weighted by molar-refractivity contribution is 0.0697. The maximum Gasteiger partial charge on any atom is 0.335 e. The molecule has 0 unspecified atom stereocenters. The van der Waals surface area contributed by atoms with E-state index in [1.165, 1.54) is 16.8 Å². The van der Waals surface area contributed by atoms with Crippen molar-refractivity contribution in [3.8, 4) is 5.75 Å². The van der Waals surface area contributed by atoms with Crippen molar-refractivity contribution in [2.24, 2.45) is 4.99 Å². The molecule has 5 heteroatoms. The highest BCUT2D eigenvalue weighted by Crippen LogP contribution is 2.42. The van der Waals surface area contributed by atoms with Crippen LogP contribution in [0, 0.1) is 6.92 Å². The fraction of sp³-hybridized carbons (Fsp3) is 0.360. The van der Waals surface area contributed by atoms with Crippen LogP contribution < -0.4 is 9.64 Å². The number of benzene rings is 2. The molecule has 0 bridgehead atoms. The van der Waals surface area contributed by atoms with Gasteiger partial charge in [0.25, 0.3) is 0 Å². The molecule has 0 amide bonds. The van der Waals surface area contributed by atoms with E-state index in [-0.39, 0.29) is 11.1 Å². The molecule has 3 rings (SSSR count). The maximum atomic E-state index is 11.3. The van der Waals surface area contributed by atoms with Gasteiger partial charge in [0.2, 0.25) is 0 Å². The van der Waals surface area contributed by atoms with Gasteiger partial charge in [0.1, 0.15) is 5.75 Å². The first-order chi connectivity index (χ1) is 14.2. The van der Waals surface area contributed by atoms with Gasteiger partial charge < -0.3 is 14.7 Å². The Morgan fingerprint density at radius 1 is 1.23 bits per heavy atom. The van der Waals surface area contributed by atoms with Gasteiger partial charge in [0, 0.05) is 35.6 Å².